The summed E-state index contributed by atoms with van der Waals surface area (Å²) in [6.45, 7) is 4.47. The van der Waals surface area contributed by atoms with E-state index in [9.17, 15) is 10.1 Å². The fraction of sp³-hybridized carbons (Fsp3) is 0.368. The molecule has 3 rings (SSSR count). The number of hydrogen-bond donors (Lipinski definition) is 3. The van der Waals surface area contributed by atoms with Crippen LogP contribution in [-0.2, 0) is 19.4 Å². The summed E-state index contributed by atoms with van der Waals surface area (Å²) in [6.07, 6.45) is 2.84. The zero-order chi connectivity index (χ0) is 20.3. The Bertz CT molecular complexity index is 1110. The van der Waals surface area contributed by atoms with Gasteiger partial charge in [0, 0.05) is 30.4 Å². The maximum absolute atomic E-state index is 12.4. The highest BCUT2D eigenvalue weighted by molar-refractivity contribution is 5.69. The summed E-state index contributed by atoms with van der Waals surface area (Å²) < 4.78 is 2.98. The molecule has 0 bridgehead atoms. The lowest BCUT2D eigenvalue weighted by atomic mass is 10.2. The van der Waals surface area contributed by atoms with Gasteiger partial charge in [-0.05, 0) is 25.8 Å². The first-order chi connectivity index (χ1) is 13.5. The van der Waals surface area contributed by atoms with Gasteiger partial charge in [0.2, 0.25) is 0 Å². The van der Waals surface area contributed by atoms with E-state index in [1.165, 1.54) is 9.08 Å². The molecule has 3 heterocycles. The van der Waals surface area contributed by atoms with Crippen molar-refractivity contribution in [2.45, 2.75) is 33.2 Å². The Labute approximate surface area is 162 Å². The fourth-order valence-corrected chi connectivity index (χ4v) is 3.25. The summed E-state index contributed by atoms with van der Waals surface area (Å²) >= 11 is 0. The highest BCUT2D eigenvalue weighted by atomic mass is 16.3. The molecule has 0 radical (unpaired) electrons. The number of anilines is 2. The minimum absolute atomic E-state index is 0.0964. The molecule has 3 aromatic heterocycles. The molecule has 0 aromatic carbocycles. The number of nitrogen functional groups attached to an aromatic ring is 1. The first-order valence-electron chi connectivity index (χ1n) is 9.12. The second kappa shape index (κ2) is 8.10. The van der Waals surface area contributed by atoms with Crippen LogP contribution < -0.4 is 16.6 Å². The molecule has 0 saturated carbocycles. The number of hydrogen-bond acceptors (Lipinski definition) is 7. The van der Waals surface area contributed by atoms with E-state index < -0.39 is 0 Å². The summed E-state index contributed by atoms with van der Waals surface area (Å²) in [5, 5.41) is 26.1. The predicted molar refractivity (Wildman–Crippen MR) is 106 cm³/mol. The smallest absolute Gasteiger partial charge is 0.253 e. The number of fused-ring (bicyclic) bond motifs is 1. The lowest BCUT2D eigenvalue weighted by Gasteiger charge is -2.11. The van der Waals surface area contributed by atoms with Gasteiger partial charge in [-0.3, -0.25) is 4.79 Å². The first kappa shape index (κ1) is 19.4. The Kier molecular flexibility index (Phi) is 5.61. The van der Waals surface area contributed by atoms with Gasteiger partial charge in [0.15, 0.2) is 5.65 Å². The first-order valence-corrected chi connectivity index (χ1v) is 9.12. The van der Waals surface area contributed by atoms with Crippen molar-refractivity contribution in [1.82, 2.24) is 19.2 Å². The van der Waals surface area contributed by atoms with Gasteiger partial charge >= 0.3 is 0 Å². The molecule has 0 saturated heterocycles. The van der Waals surface area contributed by atoms with E-state index in [1.54, 1.807) is 18.3 Å². The van der Waals surface area contributed by atoms with Crippen molar-refractivity contribution in [2.24, 2.45) is 0 Å². The van der Waals surface area contributed by atoms with Crippen LogP contribution in [0.3, 0.4) is 0 Å². The largest absolute Gasteiger partial charge is 0.395 e. The summed E-state index contributed by atoms with van der Waals surface area (Å²) in [5.41, 5.74) is 9.29. The molecular weight excluding hydrogens is 358 g/mol. The number of nitrogens with two attached hydrogens (primary N) is 1. The molecule has 0 amide bonds. The normalized spacial score (nSPS) is 10.9. The van der Waals surface area contributed by atoms with Gasteiger partial charge < -0.3 is 20.7 Å². The van der Waals surface area contributed by atoms with E-state index >= 15 is 0 Å². The molecule has 0 unspecified atom stereocenters. The van der Waals surface area contributed by atoms with Crippen molar-refractivity contribution >= 4 is 17.3 Å². The van der Waals surface area contributed by atoms with Crippen molar-refractivity contribution < 1.29 is 5.11 Å². The molecule has 9 heteroatoms. The third kappa shape index (κ3) is 3.42. The number of rotatable bonds is 7. The monoisotopic (exact) mass is 381 g/mol. The standard InChI is InChI=1S/C19H23N7O2/c1-3-14-12(2)24-26-16(21)15(11-20)17(23-18(14)26)22-7-6-13-5-4-8-25(9-10-27)19(13)28/h4-5,8,27H,3,6-7,9-10,21H2,1-2H3,(H,22,23). The maximum Gasteiger partial charge on any atom is 0.253 e. The van der Waals surface area contributed by atoms with Crippen LogP contribution in [0.25, 0.3) is 5.65 Å². The van der Waals surface area contributed by atoms with E-state index in [4.69, 9.17) is 10.8 Å². The van der Waals surface area contributed by atoms with E-state index in [0.29, 0.717) is 30.0 Å². The van der Waals surface area contributed by atoms with Crippen molar-refractivity contribution in [3.8, 4) is 6.07 Å². The van der Waals surface area contributed by atoms with Gasteiger partial charge in [-0.2, -0.15) is 14.9 Å². The topological polar surface area (TPSA) is 134 Å². The minimum atomic E-state index is -0.138. The lowest BCUT2D eigenvalue weighted by Crippen LogP contribution is -2.25. The molecule has 28 heavy (non-hydrogen) atoms. The molecule has 9 nitrogen and oxygen atoms in total. The highest BCUT2D eigenvalue weighted by Gasteiger charge is 2.18. The average Bonchev–Trinajstić information content (AvgIpc) is 3.00. The van der Waals surface area contributed by atoms with Gasteiger partial charge in [0.1, 0.15) is 23.3 Å². The molecule has 3 aromatic rings. The van der Waals surface area contributed by atoms with Gasteiger partial charge in [-0.15, -0.1) is 0 Å². The Hall–Kier alpha value is -3.38. The van der Waals surface area contributed by atoms with Gasteiger partial charge in [0.05, 0.1) is 12.3 Å². The number of nitrogens with one attached hydrogen (secondary N) is 1. The molecule has 0 aliphatic heterocycles. The van der Waals surface area contributed by atoms with E-state index in [1.807, 2.05) is 13.8 Å². The van der Waals surface area contributed by atoms with Crippen LogP contribution >= 0.6 is 0 Å². The third-order valence-corrected chi connectivity index (χ3v) is 4.69. The number of nitriles is 1. The molecule has 0 aliphatic rings. The highest BCUT2D eigenvalue weighted by Crippen LogP contribution is 2.24. The van der Waals surface area contributed by atoms with E-state index in [-0.39, 0.29) is 30.1 Å². The molecule has 4 N–H and O–H groups in total. The summed E-state index contributed by atoms with van der Waals surface area (Å²) in [5.74, 6) is 0.622. The van der Waals surface area contributed by atoms with Gasteiger partial charge in [0.25, 0.3) is 5.56 Å². The summed E-state index contributed by atoms with van der Waals surface area (Å²) in [6, 6.07) is 5.61. The van der Waals surface area contributed by atoms with Gasteiger partial charge in [-0.25, -0.2) is 4.98 Å². The van der Waals surface area contributed by atoms with Crippen molar-refractivity contribution in [1.29, 1.82) is 5.26 Å². The quantitative estimate of drug-likeness (QED) is 0.552. The Morgan fingerprint density at radius 2 is 2.21 bits per heavy atom. The second-order valence-corrected chi connectivity index (χ2v) is 6.42. The molecule has 0 spiro atoms. The Balaban J connectivity index is 1.88. The Morgan fingerprint density at radius 3 is 2.89 bits per heavy atom. The van der Waals surface area contributed by atoms with Crippen LogP contribution in [0.2, 0.25) is 0 Å². The summed E-state index contributed by atoms with van der Waals surface area (Å²) in [4.78, 5) is 16.9. The number of nitrogens with zero attached hydrogens (tertiary/aromatic N) is 5. The third-order valence-electron chi connectivity index (χ3n) is 4.69. The van der Waals surface area contributed by atoms with Crippen LogP contribution in [-0.4, -0.2) is 37.4 Å². The van der Waals surface area contributed by atoms with Crippen LogP contribution in [0.5, 0.6) is 0 Å². The van der Waals surface area contributed by atoms with E-state index in [2.05, 4.69) is 21.5 Å². The zero-order valence-corrected chi connectivity index (χ0v) is 15.9. The average molecular weight is 381 g/mol. The van der Waals surface area contributed by atoms with Crippen LogP contribution in [0, 0.1) is 18.3 Å². The predicted octanol–water partition coefficient (Wildman–Crippen LogP) is 0.863. The summed E-state index contributed by atoms with van der Waals surface area (Å²) in [7, 11) is 0. The number of aliphatic hydroxyl groups excluding tert-OH is 1. The molecule has 0 aliphatic carbocycles. The van der Waals surface area contributed by atoms with Crippen molar-refractivity contribution in [3.63, 3.8) is 0 Å². The van der Waals surface area contributed by atoms with Gasteiger partial charge in [-0.1, -0.05) is 13.0 Å². The van der Waals surface area contributed by atoms with Crippen LogP contribution in [0.15, 0.2) is 23.1 Å². The van der Waals surface area contributed by atoms with Crippen LogP contribution in [0.1, 0.15) is 29.3 Å². The number of aromatic nitrogens is 4. The number of aliphatic hydroxyl groups is 1. The minimum Gasteiger partial charge on any atom is -0.395 e. The zero-order valence-electron chi connectivity index (χ0n) is 15.9. The van der Waals surface area contributed by atoms with Crippen LogP contribution in [0.4, 0.5) is 11.6 Å². The van der Waals surface area contributed by atoms with E-state index in [0.717, 1.165) is 17.7 Å². The number of aryl methyl sites for hydroxylation is 2. The van der Waals surface area contributed by atoms with Crippen molar-refractivity contribution in [2.75, 3.05) is 24.2 Å². The molecule has 0 atom stereocenters. The second-order valence-electron chi connectivity index (χ2n) is 6.42. The molecular formula is C19H23N7O2. The maximum atomic E-state index is 12.4. The molecule has 146 valence electrons. The Morgan fingerprint density at radius 1 is 1.43 bits per heavy atom. The molecule has 0 fully saturated rings. The van der Waals surface area contributed by atoms with Crippen molar-refractivity contribution in [3.05, 3.63) is 51.1 Å². The lowest BCUT2D eigenvalue weighted by molar-refractivity contribution is 0.274. The number of pyridine rings is 1. The SMILES string of the molecule is CCc1c(C)nn2c(N)c(C#N)c(NCCc3cccn(CCO)c3=O)nc12. The fourth-order valence-electron chi connectivity index (χ4n) is 3.25.